The molecule has 0 aliphatic rings. The molecule has 21 heavy (non-hydrogen) atoms. The first kappa shape index (κ1) is 16.9. The molecule has 0 unspecified atom stereocenters. The van der Waals surface area contributed by atoms with Crippen LogP contribution in [0.1, 0.15) is 25.1 Å². The lowest BCUT2D eigenvalue weighted by molar-refractivity contribution is -0.131. The molecule has 1 aromatic heterocycles. The van der Waals surface area contributed by atoms with E-state index in [0.29, 0.717) is 6.54 Å². The van der Waals surface area contributed by atoms with E-state index >= 15 is 0 Å². The summed E-state index contributed by atoms with van der Waals surface area (Å²) in [6.07, 6.45) is 3.00. The van der Waals surface area contributed by atoms with Gasteiger partial charge in [-0.1, -0.05) is 26.5 Å². The van der Waals surface area contributed by atoms with Crippen LogP contribution in [0.4, 0.5) is 0 Å². The quantitative estimate of drug-likeness (QED) is 0.806. The van der Waals surface area contributed by atoms with Crippen molar-refractivity contribution in [3.8, 4) is 0 Å². The van der Waals surface area contributed by atoms with E-state index < -0.39 is 0 Å². The van der Waals surface area contributed by atoms with Crippen LogP contribution in [-0.2, 0) is 15.0 Å². The number of amides is 2. The fourth-order valence-electron chi connectivity index (χ4n) is 1.78. The molecule has 5 nitrogen and oxygen atoms in total. The summed E-state index contributed by atoms with van der Waals surface area (Å²) in [7, 11) is 1.57. The standard InChI is InChI=1S/C16H23N3O2/c1-6-15(21)19(5)10-14(20)18-11-16(3,4)13-8-7-12(2)9-17-13/h6-9H,1,10-11H2,2-5H3,(H,18,20). The number of carbonyl (C=O) groups excluding carboxylic acids is 2. The van der Waals surface area contributed by atoms with Gasteiger partial charge in [0.1, 0.15) is 0 Å². The molecule has 0 aliphatic heterocycles. The Bertz CT molecular complexity index is 521. The maximum atomic E-state index is 11.8. The van der Waals surface area contributed by atoms with Crippen molar-refractivity contribution in [1.29, 1.82) is 0 Å². The first-order valence-electron chi connectivity index (χ1n) is 6.83. The van der Waals surface area contributed by atoms with Crippen molar-refractivity contribution >= 4 is 11.8 Å². The SMILES string of the molecule is C=CC(=O)N(C)CC(=O)NCC(C)(C)c1ccc(C)cn1. The van der Waals surface area contributed by atoms with Gasteiger partial charge in [-0.2, -0.15) is 0 Å². The van der Waals surface area contributed by atoms with Crippen molar-refractivity contribution in [2.24, 2.45) is 0 Å². The van der Waals surface area contributed by atoms with Gasteiger partial charge in [0.25, 0.3) is 0 Å². The highest BCUT2D eigenvalue weighted by Crippen LogP contribution is 2.20. The second kappa shape index (κ2) is 7.02. The van der Waals surface area contributed by atoms with Gasteiger partial charge in [0, 0.05) is 30.9 Å². The summed E-state index contributed by atoms with van der Waals surface area (Å²) in [5, 5.41) is 2.84. The molecule has 114 valence electrons. The summed E-state index contributed by atoms with van der Waals surface area (Å²) in [4.78, 5) is 28.9. The maximum absolute atomic E-state index is 11.8. The van der Waals surface area contributed by atoms with E-state index in [0.717, 1.165) is 11.3 Å². The first-order chi connectivity index (χ1) is 9.76. The Morgan fingerprint density at radius 3 is 2.62 bits per heavy atom. The second-order valence-corrected chi connectivity index (χ2v) is 5.78. The molecule has 1 heterocycles. The number of rotatable bonds is 6. The predicted octanol–water partition coefficient (Wildman–Crippen LogP) is 1.43. The monoisotopic (exact) mass is 289 g/mol. The highest BCUT2D eigenvalue weighted by molar-refractivity contribution is 5.90. The van der Waals surface area contributed by atoms with Gasteiger partial charge in [-0.25, -0.2) is 0 Å². The van der Waals surface area contributed by atoms with E-state index in [1.54, 1.807) is 7.05 Å². The average Bonchev–Trinajstić information content (AvgIpc) is 2.44. The zero-order chi connectivity index (χ0) is 16.0. The van der Waals surface area contributed by atoms with Crippen LogP contribution >= 0.6 is 0 Å². The van der Waals surface area contributed by atoms with Crippen molar-refractivity contribution in [1.82, 2.24) is 15.2 Å². The Kier molecular flexibility index (Phi) is 5.64. The lowest BCUT2D eigenvalue weighted by Gasteiger charge is -2.25. The van der Waals surface area contributed by atoms with Crippen LogP contribution in [0.2, 0.25) is 0 Å². The molecule has 0 fully saturated rings. The molecule has 0 aromatic carbocycles. The summed E-state index contributed by atoms with van der Waals surface area (Å²) in [6, 6.07) is 3.97. The van der Waals surface area contributed by atoms with Crippen molar-refractivity contribution in [2.75, 3.05) is 20.1 Å². The van der Waals surface area contributed by atoms with E-state index in [1.165, 1.54) is 11.0 Å². The fourth-order valence-corrected chi connectivity index (χ4v) is 1.78. The number of aromatic nitrogens is 1. The Hall–Kier alpha value is -2.17. The molecule has 1 N–H and O–H groups in total. The molecule has 0 saturated heterocycles. The largest absolute Gasteiger partial charge is 0.354 e. The third kappa shape index (κ3) is 5.02. The zero-order valence-electron chi connectivity index (χ0n) is 13.1. The van der Waals surface area contributed by atoms with Gasteiger partial charge in [-0.05, 0) is 24.6 Å². The molecule has 1 aromatic rings. The van der Waals surface area contributed by atoms with Crippen LogP contribution in [0.3, 0.4) is 0 Å². The minimum atomic E-state index is -0.274. The number of aryl methyl sites for hydroxylation is 1. The van der Waals surface area contributed by atoms with Crippen LogP contribution in [-0.4, -0.2) is 41.8 Å². The van der Waals surface area contributed by atoms with E-state index in [1.807, 2.05) is 39.1 Å². The van der Waals surface area contributed by atoms with Gasteiger partial charge in [0.05, 0.1) is 6.54 Å². The van der Waals surface area contributed by atoms with Gasteiger partial charge in [-0.3, -0.25) is 14.6 Å². The molecule has 0 aliphatic carbocycles. The molecule has 2 amide bonds. The summed E-state index contributed by atoms with van der Waals surface area (Å²) in [6.45, 7) is 9.88. The highest BCUT2D eigenvalue weighted by atomic mass is 16.2. The number of hydrogen-bond donors (Lipinski definition) is 1. The topological polar surface area (TPSA) is 62.3 Å². The third-order valence-corrected chi connectivity index (χ3v) is 3.26. The number of nitrogens with one attached hydrogen (secondary N) is 1. The molecule has 5 heteroatoms. The van der Waals surface area contributed by atoms with Crippen LogP contribution in [0.25, 0.3) is 0 Å². The third-order valence-electron chi connectivity index (χ3n) is 3.26. The highest BCUT2D eigenvalue weighted by Gasteiger charge is 2.23. The minimum Gasteiger partial charge on any atom is -0.354 e. The van der Waals surface area contributed by atoms with Crippen LogP contribution in [0, 0.1) is 6.92 Å². The fraction of sp³-hybridized carbons (Fsp3) is 0.438. The lowest BCUT2D eigenvalue weighted by atomic mass is 9.88. The van der Waals surface area contributed by atoms with Crippen molar-refractivity contribution in [3.63, 3.8) is 0 Å². The molecule has 0 saturated carbocycles. The van der Waals surface area contributed by atoms with Crippen LogP contribution in [0.5, 0.6) is 0 Å². The predicted molar refractivity (Wildman–Crippen MR) is 82.8 cm³/mol. The van der Waals surface area contributed by atoms with E-state index in [9.17, 15) is 9.59 Å². The van der Waals surface area contributed by atoms with Gasteiger partial charge in [-0.15, -0.1) is 0 Å². The van der Waals surface area contributed by atoms with Gasteiger partial charge >= 0.3 is 0 Å². The molecule has 0 bridgehead atoms. The number of hydrogen-bond acceptors (Lipinski definition) is 3. The van der Waals surface area contributed by atoms with Gasteiger partial charge in [0.15, 0.2) is 0 Å². The summed E-state index contributed by atoms with van der Waals surface area (Å²) < 4.78 is 0. The average molecular weight is 289 g/mol. The van der Waals surface area contributed by atoms with Crippen molar-refractivity contribution in [3.05, 3.63) is 42.2 Å². The number of nitrogens with zero attached hydrogens (tertiary/aromatic N) is 2. The van der Waals surface area contributed by atoms with Crippen molar-refractivity contribution < 1.29 is 9.59 Å². The molecule has 0 spiro atoms. The Balaban J connectivity index is 2.57. The Morgan fingerprint density at radius 1 is 1.43 bits per heavy atom. The number of carbonyl (C=O) groups is 2. The van der Waals surface area contributed by atoms with E-state index in [4.69, 9.17) is 0 Å². The second-order valence-electron chi connectivity index (χ2n) is 5.78. The lowest BCUT2D eigenvalue weighted by Crippen LogP contribution is -2.42. The normalized spacial score (nSPS) is 10.9. The first-order valence-corrected chi connectivity index (χ1v) is 6.83. The summed E-state index contributed by atoms with van der Waals surface area (Å²) >= 11 is 0. The van der Waals surface area contributed by atoms with E-state index in [-0.39, 0.29) is 23.8 Å². The molecular formula is C16H23N3O2. The number of likely N-dealkylation sites (N-methyl/N-ethyl adjacent to an activating group) is 1. The zero-order valence-corrected chi connectivity index (χ0v) is 13.1. The molecule has 0 atom stereocenters. The van der Waals surface area contributed by atoms with E-state index in [2.05, 4.69) is 16.9 Å². The molecule has 1 rings (SSSR count). The number of pyridine rings is 1. The van der Waals surface area contributed by atoms with Gasteiger partial charge < -0.3 is 10.2 Å². The molecule has 0 radical (unpaired) electrons. The summed E-state index contributed by atoms with van der Waals surface area (Å²) in [5.74, 6) is -0.475. The maximum Gasteiger partial charge on any atom is 0.246 e. The minimum absolute atomic E-state index is 0.0161. The van der Waals surface area contributed by atoms with Crippen LogP contribution < -0.4 is 5.32 Å². The van der Waals surface area contributed by atoms with Gasteiger partial charge in [0.2, 0.25) is 11.8 Å². The Labute approximate surface area is 126 Å². The van der Waals surface area contributed by atoms with Crippen LogP contribution in [0.15, 0.2) is 31.0 Å². The smallest absolute Gasteiger partial charge is 0.246 e. The summed E-state index contributed by atoms with van der Waals surface area (Å²) in [5.41, 5.74) is 1.75. The Morgan fingerprint density at radius 2 is 2.10 bits per heavy atom. The van der Waals surface area contributed by atoms with Crippen molar-refractivity contribution in [2.45, 2.75) is 26.2 Å². The molecular weight excluding hydrogens is 266 g/mol.